The SMILES string of the molecule is CCCCOC(=O)C1=C(C(=O)OCCCC)C2(C)C=CC1(C)C2. The van der Waals surface area contributed by atoms with Gasteiger partial charge in [0.05, 0.1) is 24.4 Å². The van der Waals surface area contributed by atoms with E-state index in [-0.39, 0.29) is 11.9 Å². The van der Waals surface area contributed by atoms with E-state index in [0.29, 0.717) is 24.4 Å². The second-order valence-electron chi connectivity index (χ2n) is 7.07. The first-order chi connectivity index (χ1) is 10.9. The Labute approximate surface area is 138 Å². The van der Waals surface area contributed by atoms with Gasteiger partial charge in [0.2, 0.25) is 0 Å². The number of hydrogen-bond donors (Lipinski definition) is 0. The van der Waals surface area contributed by atoms with Crippen molar-refractivity contribution in [2.75, 3.05) is 13.2 Å². The molecule has 128 valence electrons. The zero-order chi connectivity index (χ0) is 17.1. The monoisotopic (exact) mass is 320 g/mol. The number of unbranched alkanes of at least 4 members (excludes halogenated alkanes) is 2. The fourth-order valence-corrected chi connectivity index (χ4v) is 3.60. The Morgan fingerprint density at radius 2 is 1.30 bits per heavy atom. The highest BCUT2D eigenvalue weighted by atomic mass is 16.5. The third-order valence-corrected chi connectivity index (χ3v) is 4.82. The summed E-state index contributed by atoms with van der Waals surface area (Å²) in [6.45, 7) is 8.88. The molecule has 4 heteroatoms. The lowest BCUT2D eigenvalue weighted by Gasteiger charge is -2.23. The molecule has 0 aliphatic heterocycles. The molecule has 2 rings (SSSR count). The first-order valence-electron chi connectivity index (χ1n) is 8.68. The number of allylic oxidation sites excluding steroid dienone is 2. The maximum atomic E-state index is 12.6. The van der Waals surface area contributed by atoms with Crippen LogP contribution in [0.2, 0.25) is 0 Å². The van der Waals surface area contributed by atoms with Gasteiger partial charge in [-0.3, -0.25) is 0 Å². The summed E-state index contributed by atoms with van der Waals surface area (Å²) in [5.41, 5.74) is 0.161. The molecule has 0 aromatic carbocycles. The third kappa shape index (κ3) is 3.36. The minimum Gasteiger partial charge on any atom is -0.462 e. The normalized spacial score (nSPS) is 28.3. The van der Waals surface area contributed by atoms with Crippen LogP contribution < -0.4 is 0 Å². The molecule has 0 aromatic heterocycles. The summed E-state index contributed by atoms with van der Waals surface area (Å²) >= 11 is 0. The van der Waals surface area contributed by atoms with Crippen molar-refractivity contribution in [1.82, 2.24) is 0 Å². The standard InChI is InChI=1S/C19H28O4/c1-5-7-11-22-16(20)14-15(17(21)23-12-8-6-2)19(4)10-9-18(14,3)13-19/h9-10H,5-8,11-13H2,1-4H3. The average Bonchev–Trinajstić information content (AvgIpc) is 2.93. The molecular formula is C19H28O4. The van der Waals surface area contributed by atoms with Crippen LogP contribution in [0, 0.1) is 10.8 Å². The van der Waals surface area contributed by atoms with Crippen molar-refractivity contribution in [2.24, 2.45) is 10.8 Å². The Balaban J connectivity index is 2.25. The van der Waals surface area contributed by atoms with Gasteiger partial charge in [0.25, 0.3) is 0 Å². The van der Waals surface area contributed by atoms with Crippen molar-refractivity contribution in [1.29, 1.82) is 0 Å². The van der Waals surface area contributed by atoms with Crippen molar-refractivity contribution in [3.05, 3.63) is 23.3 Å². The topological polar surface area (TPSA) is 52.6 Å². The second kappa shape index (κ2) is 6.90. The van der Waals surface area contributed by atoms with E-state index in [1.54, 1.807) is 0 Å². The highest BCUT2D eigenvalue weighted by molar-refractivity contribution is 6.05. The minimum atomic E-state index is -0.419. The van der Waals surface area contributed by atoms with Crippen LogP contribution in [0.5, 0.6) is 0 Å². The predicted molar refractivity (Wildman–Crippen MR) is 88.7 cm³/mol. The molecule has 2 bridgehead atoms. The van der Waals surface area contributed by atoms with Gasteiger partial charge in [-0.25, -0.2) is 9.59 Å². The Bertz CT molecular complexity index is 500. The number of hydrogen-bond acceptors (Lipinski definition) is 4. The highest BCUT2D eigenvalue weighted by Gasteiger charge is 2.56. The van der Waals surface area contributed by atoms with Gasteiger partial charge in [-0.15, -0.1) is 0 Å². The van der Waals surface area contributed by atoms with Crippen LogP contribution >= 0.6 is 0 Å². The highest BCUT2D eigenvalue weighted by Crippen LogP contribution is 2.60. The molecule has 0 radical (unpaired) electrons. The summed E-state index contributed by atoms with van der Waals surface area (Å²) < 4.78 is 10.8. The zero-order valence-corrected chi connectivity index (χ0v) is 14.7. The minimum absolute atomic E-state index is 0.364. The molecule has 2 aliphatic rings. The lowest BCUT2D eigenvalue weighted by atomic mass is 9.83. The van der Waals surface area contributed by atoms with Crippen molar-refractivity contribution in [3.63, 3.8) is 0 Å². The van der Waals surface area contributed by atoms with Crippen LogP contribution in [0.15, 0.2) is 23.3 Å². The number of rotatable bonds is 8. The van der Waals surface area contributed by atoms with E-state index in [9.17, 15) is 9.59 Å². The first kappa shape index (κ1) is 17.8. The van der Waals surface area contributed by atoms with Crippen LogP contribution in [0.4, 0.5) is 0 Å². The van der Waals surface area contributed by atoms with E-state index < -0.39 is 10.8 Å². The Kier molecular flexibility index (Phi) is 5.33. The first-order valence-corrected chi connectivity index (χ1v) is 8.68. The Morgan fingerprint density at radius 1 is 0.913 bits per heavy atom. The summed E-state index contributed by atoms with van der Waals surface area (Å²) in [5, 5.41) is 0. The van der Waals surface area contributed by atoms with E-state index in [1.807, 2.05) is 39.8 Å². The number of ether oxygens (including phenoxy) is 2. The molecule has 2 unspecified atom stereocenters. The van der Waals surface area contributed by atoms with Crippen LogP contribution in [0.25, 0.3) is 0 Å². The lowest BCUT2D eigenvalue weighted by molar-refractivity contribution is -0.143. The summed E-state index contributed by atoms with van der Waals surface area (Å²) in [4.78, 5) is 25.2. The summed E-state index contributed by atoms with van der Waals surface area (Å²) in [7, 11) is 0. The fraction of sp³-hybridized carbons (Fsp3) is 0.684. The van der Waals surface area contributed by atoms with Crippen LogP contribution in [-0.4, -0.2) is 25.2 Å². The molecule has 2 atom stereocenters. The number of carbonyl (C=O) groups is 2. The molecule has 0 fully saturated rings. The quantitative estimate of drug-likeness (QED) is 0.386. The van der Waals surface area contributed by atoms with Gasteiger partial charge < -0.3 is 9.47 Å². The van der Waals surface area contributed by atoms with Gasteiger partial charge in [0, 0.05) is 10.8 Å². The molecule has 0 saturated carbocycles. The van der Waals surface area contributed by atoms with Gasteiger partial charge >= 0.3 is 11.9 Å². The molecule has 0 spiro atoms. The van der Waals surface area contributed by atoms with E-state index in [4.69, 9.17) is 9.47 Å². The molecular weight excluding hydrogens is 292 g/mol. The van der Waals surface area contributed by atoms with Gasteiger partial charge in [0.15, 0.2) is 0 Å². The van der Waals surface area contributed by atoms with E-state index in [2.05, 4.69) is 0 Å². The van der Waals surface area contributed by atoms with Crippen molar-refractivity contribution >= 4 is 11.9 Å². The summed E-state index contributed by atoms with van der Waals surface area (Å²) in [6.07, 6.45) is 8.40. The van der Waals surface area contributed by atoms with Crippen molar-refractivity contribution in [3.8, 4) is 0 Å². The van der Waals surface area contributed by atoms with Gasteiger partial charge in [-0.2, -0.15) is 0 Å². The van der Waals surface area contributed by atoms with Crippen LogP contribution in [0.1, 0.15) is 59.8 Å². The largest absolute Gasteiger partial charge is 0.462 e. The molecule has 0 saturated heterocycles. The Hall–Kier alpha value is -1.58. The van der Waals surface area contributed by atoms with E-state index in [0.717, 1.165) is 32.1 Å². The summed E-state index contributed by atoms with van der Waals surface area (Å²) in [6, 6.07) is 0. The second-order valence-corrected chi connectivity index (χ2v) is 7.07. The fourth-order valence-electron chi connectivity index (χ4n) is 3.60. The van der Waals surface area contributed by atoms with Crippen LogP contribution in [-0.2, 0) is 19.1 Å². The Morgan fingerprint density at radius 3 is 1.65 bits per heavy atom. The van der Waals surface area contributed by atoms with Crippen molar-refractivity contribution < 1.29 is 19.1 Å². The van der Waals surface area contributed by atoms with E-state index in [1.165, 1.54) is 0 Å². The average molecular weight is 320 g/mol. The van der Waals surface area contributed by atoms with Crippen molar-refractivity contribution in [2.45, 2.75) is 59.8 Å². The summed E-state index contributed by atoms with van der Waals surface area (Å²) in [5.74, 6) is -0.729. The predicted octanol–water partition coefficient (Wildman–Crippen LogP) is 3.96. The number of carbonyl (C=O) groups excluding carboxylic acids is 2. The molecule has 0 aromatic rings. The van der Waals surface area contributed by atoms with Gasteiger partial charge in [0.1, 0.15) is 0 Å². The zero-order valence-electron chi connectivity index (χ0n) is 14.7. The molecule has 0 heterocycles. The van der Waals surface area contributed by atoms with Gasteiger partial charge in [-0.05, 0) is 19.3 Å². The molecule has 2 aliphatic carbocycles. The van der Waals surface area contributed by atoms with E-state index >= 15 is 0 Å². The van der Waals surface area contributed by atoms with Gasteiger partial charge in [-0.1, -0.05) is 52.7 Å². The number of esters is 2. The third-order valence-electron chi connectivity index (χ3n) is 4.82. The maximum Gasteiger partial charge on any atom is 0.335 e. The molecule has 23 heavy (non-hydrogen) atoms. The molecule has 4 nitrogen and oxygen atoms in total. The maximum absolute atomic E-state index is 12.6. The van der Waals surface area contributed by atoms with Crippen LogP contribution in [0.3, 0.4) is 0 Å². The smallest absolute Gasteiger partial charge is 0.335 e. The lowest BCUT2D eigenvalue weighted by Crippen LogP contribution is -2.26. The molecule has 0 amide bonds. The number of fused-ring (bicyclic) bond motifs is 2. The molecule has 0 N–H and O–H groups in total.